The molecule has 4 rings (SSSR count). The first-order valence-corrected chi connectivity index (χ1v) is 14.4. The van der Waals surface area contributed by atoms with Gasteiger partial charge in [0, 0.05) is 13.1 Å². The van der Waals surface area contributed by atoms with Gasteiger partial charge in [-0.15, -0.1) is 0 Å². The van der Waals surface area contributed by atoms with Crippen molar-refractivity contribution in [3.8, 4) is 0 Å². The minimum absolute atomic E-state index is 0.165. The molecule has 6 nitrogen and oxygen atoms in total. The molecule has 1 aliphatic heterocycles. The Morgan fingerprint density at radius 1 is 0.865 bits per heavy atom. The van der Waals surface area contributed by atoms with Crippen molar-refractivity contribution in [1.29, 1.82) is 0 Å². The van der Waals surface area contributed by atoms with Gasteiger partial charge < -0.3 is 5.32 Å². The van der Waals surface area contributed by atoms with Crippen LogP contribution in [0.4, 0.5) is 5.69 Å². The van der Waals surface area contributed by atoms with E-state index in [2.05, 4.69) is 16.3 Å². The van der Waals surface area contributed by atoms with E-state index in [1.54, 1.807) is 30.3 Å². The van der Waals surface area contributed by atoms with Gasteiger partial charge in [0.1, 0.15) is 6.54 Å². The van der Waals surface area contributed by atoms with Crippen LogP contribution in [-0.2, 0) is 27.9 Å². The molecule has 7 heteroatoms. The fraction of sp³-hybridized carbons (Fsp3) is 0.367. The molecule has 0 radical (unpaired) electrons. The van der Waals surface area contributed by atoms with Crippen LogP contribution in [-0.4, -0.2) is 38.9 Å². The molecule has 37 heavy (non-hydrogen) atoms. The van der Waals surface area contributed by atoms with Crippen molar-refractivity contribution in [3.63, 3.8) is 0 Å². The fourth-order valence-corrected chi connectivity index (χ4v) is 6.33. The second-order valence-corrected chi connectivity index (χ2v) is 11.9. The van der Waals surface area contributed by atoms with Crippen molar-refractivity contribution in [2.75, 3.05) is 23.9 Å². The molecule has 3 aromatic carbocycles. The molecule has 1 aliphatic rings. The molecule has 0 aliphatic carbocycles. The summed E-state index contributed by atoms with van der Waals surface area (Å²) in [6, 6.07) is 20.5. The van der Waals surface area contributed by atoms with E-state index in [1.807, 2.05) is 51.1 Å². The molecule has 0 saturated carbocycles. The van der Waals surface area contributed by atoms with E-state index in [0.717, 1.165) is 41.9 Å². The number of rotatable bonds is 9. The van der Waals surface area contributed by atoms with Crippen molar-refractivity contribution >= 4 is 21.6 Å². The average Bonchev–Trinajstić information content (AvgIpc) is 2.88. The molecule has 1 amide bonds. The number of piperidine rings is 1. The minimum atomic E-state index is -3.95. The Morgan fingerprint density at radius 3 is 2.19 bits per heavy atom. The Kier molecular flexibility index (Phi) is 8.67. The SMILES string of the molecule is Cc1ccc(S(=O)(=O)N(CC(=O)NCc2ccccc2CN2CCCCC2)c2ccc(C)cc2C)cc1. The summed E-state index contributed by atoms with van der Waals surface area (Å²) in [6.45, 7) is 8.86. The van der Waals surface area contributed by atoms with Crippen molar-refractivity contribution in [1.82, 2.24) is 10.2 Å². The number of hydrogen-bond acceptors (Lipinski definition) is 4. The van der Waals surface area contributed by atoms with E-state index in [0.29, 0.717) is 12.2 Å². The number of sulfonamides is 1. The van der Waals surface area contributed by atoms with E-state index in [1.165, 1.54) is 29.1 Å². The summed E-state index contributed by atoms with van der Waals surface area (Å²) in [7, 11) is -3.95. The Hall–Kier alpha value is -3.16. The lowest BCUT2D eigenvalue weighted by atomic mass is 10.0. The lowest BCUT2D eigenvalue weighted by Crippen LogP contribution is -2.41. The summed E-state index contributed by atoms with van der Waals surface area (Å²) in [5.74, 6) is -0.344. The lowest BCUT2D eigenvalue weighted by Gasteiger charge is -2.27. The number of hydrogen-bond donors (Lipinski definition) is 1. The standard InChI is InChI=1S/C30H37N3O3S/c1-23-11-14-28(15-12-23)37(35,36)33(29-16-13-24(2)19-25(29)3)22-30(34)31-20-26-9-5-6-10-27(26)21-32-17-7-4-8-18-32/h5-6,9-16,19H,4,7-8,17-18,20-22H2,1-3H3,(H,31,34). The number of likely N-dealkylation sites (tertiary alicyclic amines) is 1. The second-order valence-electron chi connectivity index (χ2n) is 10.00. The summed E-state index contributed by atoms with van der Waals surface area (Å²) < 4.78 is 28.6. The molecule has 0 spiro atoms. The molecule has 0 aromatic heterocycles. The molecule has 0 unspecified atom stereocenters. The topological polar surface area (TPSA) is 69.7 Å². The van der Waals surface area contributed by atoms with Crippen LogP contribution in [0.25, 0.3) is 0 Å². The van der Waals surface area contributed by atoms with Gasteiger partial charge >= 0.3 is 0 Å². The van der Waals surface area contributed by atoms with Gasteiger partial charge in [-0.2, -0.15) is 0 Å². The molecular formula is C30H37N3O3S. The number of anilines is 1. The van der Waals surface area contributed by atoms with Gasteiger partial charge in [0.05, 0.1) is 10.6 Å². The van der Waals surface area contributed by atoms with Crippen LogP contribution in [0.1, 0.15) is 47.1 Å². The number of carbonyl (C=O) groups excluding carboxylic acids is 1. The first-order valence-electron chi connectivity index (χ1n) is 13.0. The Balaban J connectivity index is 1.53. The van der Waals surface area contributed by atoms with Gasteiger partial charge in [-0.05, 0) is 81.6 Å². The van der Waals surface area contributed by atoms with Gasteiger partial charge in [0.2, 0.25) is 5.91 Å². The first-order chi connectivity index (χ1) is 17.7. The third-order valence-electron chi connectivity index (χ3n) is 6.95. The van der Waals surface area contributed by atoms with E-state index < -0.39 is 10.0 Å². The van der Waals surface area contributed by atoms with Crippen LogP contribution in [0.15, 0.2) is 71.6 Å². The smallest absolute Gasteiger partial charge is 0.264 e. The third kappa shape index (κ3) is 6.79. The predicted octanol–water partition coefficient (Wildman–Crippen LogP) is 5.11. The zero-order valence-corrected chi connectivity index (χ0v) is 22.9. The quantitative estimate of drug-likeness (QED) is 0.427. The Labute approximate surface area is 221 Å². The summed E-state index contributed by atoms with van der Waals surface area (Å²) in [4.78, 5) is 15.8. The Morgan fingerprint density at radius 2 is 1.51 bits per heavy atom. The largest absolute Gasteiger partial charge is 0.350 e. The summed E-state index contributed by atoms with van der Waals surface area (Å²) >= 11 is 0. The minimum Gasteiger partial charge on any atom is -0.350 e. The van der Waals surface area contributed by atoms with E-state index in [9.17, 15) is 13.2 Å². The van der Waals surface area contributed by atoms with Crippen LogP contribution in [0.2, 0.25) is 0 Å². The fourth-order valence-electron chi connectivity index (χ4n) is 4.85. The molecule has 1 N–H and O–H groups in total. The molecular weight excluding hydrogens is 482 g/mol. The first kappa shape index (κ1) is 26.9. The number of nitrogens with zero attached hydrogens (tertiary/aromatic N) is 2. The third-order valence-corrected chi connectivity index (χ3v) is 8.73. The molecule has 1 saturated heterocycles. The van der Waals surface area contributed by atoms with Crippen molar-refractivity contribution in [3.05, 3.63) is 94.5 Å². The van der Waals surface area contributed by atoms with Gasteiger partial charge in [-0.1, -0.05) is 66.1 Å². The van der Waals surface area contributed by atoms with Gasteiger partial charge in [0.25, 0.3) is 10.0 Å². The zero-order chi connectivity index (χ0) is 26.4. The average molecular weight is 520 g/mol. The van der Waals surface area contributed by atoms with E-state index >= 15 is 0 Å². The highest BCUT2D eigenvalue weighted by Gasteiger charge is 2.28. The molecule has 1 heterocycles. The lowest BCUT2D eigenvalue weighted by molar-refractivity contribution is -0.119. The number of amides is 1. The molecule has 196 valence electrons. The van der Waals surface area contributed by atoms with Gasteiger partial charge in [-0.25, -0.2) is 8.42 Å². The normalized spacial score (nSPS) is 14.4. The number of benzene rings is 3. The molecule has 3 aromatic rings. The summed E-state index contributed by atoms with van der Waals surface area (Å²) in [5, 5.41) is 2.98. The maximum atomic E-state index is 13.7. The number of carbonyl (C=O) groups is 1. The summed E-state index contributed by atoms with van der Waals surface area (Å²) in [6.07, 6.45) is 3.74. The highest BCUT2D eigenvalue weighted by molar-refractivity contribution is 7.92. The Bertz CT molecular complexity index is 1330. The molecule has 0 atom stereocenters. The maximum absolute atomic E-state index is 13.7. The van der Waals surface area contributed by atoms with Crippen molar-refractivity contribution in [2.24, 2.45) is 0 Å². The highest BCUT2D eigenvalue weighted by atomic mass is 32.2. The molecule has 0 bridgehead atoms. The van der Waals surface area contributed by atoms with Crippen LogP contribution >= 0.6 is 0 Å². The summed E-state index contributed by atoms with van der Waals surface area (Å²) in [5.41, 5.74) is 5.56. The second kappa shape index (κ2) is 11.9. The van der Waals surface area contributed by atoms with Crippen molar-refractivity contribution < 1.29 is 13.2 Å². The predicted molar refractivity (Wildman–Crippen MR) is 149 cm³/mol. The van der Waals surface area contributed by atoms with E-state index in [-0.39, 0.29) is 17.3 Å². The van der Waals surface area contributed by atoms with Crippen molar-refractivity contribution in [2.45, 2.75) is 58.0 Å². The molecule has 1 fully saturated rings. The van der Waals surface area contributed by atoms with E-state index in [4.69, 9.17) is 0 Å². The number of aryl methyl sites for hydroxylation is 3. The zero-order valence-electron chi connectivity index (χ0n) is 22.0. The number of nitrogens with one attached hydrogen (secondary N) is 1. The monoisotopic (exact) mass is 519 g/mol. The van der Waals surface area contributed by atoms with Crippen LogP contribution in [0.5, 0.6) is 0 Å². The van der Waals surface area contributed by atoms with Crippen LogP contribution < -0.4 is 9.62 Å². The van der Waals surface area contributed by atoms with Gasteiger partial charge in [-0.3, -0.25) is 14.0 Å². The van der Waals surface area contributed by atoms with Crippen LogP contribution in [0.3, 0.4) is 0 Å². The maximum Gasteiger partial charge on any atom is 0.264 e. The van der Waals surface area contributed by atoms with Gasteiger partial charge in [0.15, 0.2) is 0 Å². The van der Waals surface area contributed by atoms with Crippen LogP contribution in [0, 0.1) is 20.8 Å². The highest BCUT2D eigenvalue weighted by Crippen LogP contribution is 2.28.